The van der Waals surface area contributed by atoms with Gasteiger partial charge in [0, 0.05) is 31.7 Å². The van der Waals surface area contributed by atoms with Crippen molar-refractivity contribution < 1.29 is 9.59 Å². The molecule has 0 unspecified atom stereocenters. The smallest absolute Gasteiger partial charge is 0.251 e. The number of nitrogens with two attached hydrogens (primary N) is 1. The van der Waals surface area contributed by atoms with Crippen LogP contribution < -0.4 is 16.4 Å². The van der Waals surface area contributed by atoms with Crippen molar-refractivity contribution in [2.45, 2.75) is 33.2 Å². The Balaban J connectivity index is 2.66. The Morgan fingerprint density at radius 3 is 2.40 bits per heavy atom. The van der Waals surface area contributed by atoms with E-state index in [4.69, 9.17) is 5.73 Å². The molecule has 1 rings (SSSR count). The van der Waals surface area contributed by atoms with E-state index in [0.717, 1.165) is 12.1 Å². The predicted octanol–water partition coefficient (Wildman–Crippen LogP) is 1.36. The second-order valence-electron chi connectivity index (χ2n) is 6.63. The first-order valence-electron chi connectivity index (χ1n) is 8.88. The summed E-state index contributed by atoms with van der Waals surface area (Å²) in [5.74, 6) is -0.130. The van der Waals surface area contributed by atoms with Crippen molar-refractivity contribution in [1.29, 1.82) is 0 Å². The zero-order valence-corrected chi connectivity index (χ0v) is 15.9. The number of nitrogens with one attached hydrogen (secondary N) is 2. The quantitative estimate of drug-likeness (QED) is 0.596. The molecule has 0 radical (unpaired) electrons. The molecule has 0 aliphatic carbocycles. The van der Waals surface area contributed by atoms with Gasteiger partial charge in [0.1, 0.15) is 0 Å². The molecule has 0 atom stereocenters. The number of hydrogen-bond acceptors (Lipinski definition) is 4. The maximum Gasteiger partial charge on any atom is 0.251 e. The van der Waals surface area contributed by atoms with Crippen molar-refractivity contribution in [3.63, 3.8) is 0 Å². The Labute approximate surface area is 151 Å². The van der Waals surface area contributed by atoms with Crippen LogP contribution in [0.5, 0.6) is 0 Å². The maximum atomic E-state index is 12.5. The van der Waals surface area contributed by atoms with Crippen molar-refractivity contribution in [1.82, 2.24) is 15.5 Å². The lowest BCUT2D eigenvalue weighted by molar-refractivity contribution is -0.131. The molecular weight excluding hydrogens is 316 g/mol. The van der Waals surface area contributed by atoms with E-state index >= 15 is 0 Å². The number of hydrogen-bond donors (Lipinski definition) is 3. The predicted molar refractivity (Wildman–Crippen MR) is 101 cm³/mol. The van der Waals surface area contributed by atoms with Crippen LogP contribution in [0.15, 0.2) is 24.3 Å². The number of carbonyl (C=O) groups excluding carboxylic acids is 2. The number of likely N-dealkylation sites (N-methyl/N-ethyl adjacent to an activating group) is 1. The van der Waals surface area contributed by atoms with Gasteiger partial charge < -0.3 is 21.3 Å². The van der Waals surface area contributed by atoms with E-state index in [9.17, 15) is 9.59 Å². The molecule has 6 nitrogen and oxygen atoms in total. The van der Waals surface area contributed by atoms with Gasteiger partial charge in [-0.05, 0) is 44.6 Å². The van der Waals surface area contributed by atoms with E-state index in [1.165, 1.54) is 0 Å². The lowest BCUT2D eigenvalue weighted by atomic mass is 9.81. The SMILES string of the molecule is CCC(CC)(CN)C(=O)NCc1cccc(C(=O)NCCN(C)C)c1. The van der Waals surface area contributed by atoms with Crippen molar-refractivity contribution >= 4 is 11.8 Å². The van der Waals surface area contributed by atoms with Gasteiger partial charge in [-0.25, -0.2) is 0 Å². The first kappa shape index (κ1) is 21.1. The monoisotopic (exact) mass is 348 g/mol. The second kappa shape index (κ2) is 10.2. The van der Waals surface area contributed by atoms with Crippen molar-refractivity contribution in [2.75, 3.05) is 33.7 Å². The largest absolute Gasteiger partial charge is 0.352 e. The molecule has 0 heterocycles. The number of carbonyl (C=O) groups is 2. The van der Waals surface area contributed by atoms with Gasteiger partial charge in [0.15, 0.2) is 0 Å². The van der Waals surface area contributed by atoms with Gasteiger partial charge in [0.25, 0.3) is 5.91 Å². The van der Waals surface area contributed by atoms with Crippen LogP contribution in [0.4, 0.5) is 0 Å². The fraction of sp³-hybridized carbons (Fsp3) is 0.579. The maximum absolute atomic E-state index is 12.5. The molecular formula is C19H32N4O2. The minimum absolute atomic E-state index is 0.0270. The Hall–Kier alpha value is -1.92. The molecule has 0 spiro atoms. The van der Waals surface area contributed by atoms with Crippen LogP contribution >= 0.6 is 0 Å². The van der Waals surface area contributed by atoms with Crippen molar-refractivity contribution in [2.24, 2.45) is 11.1 Å². The molecule has 1 aromatic rings. The summed E-state index contributed by atoms with van der Waals surface area (Å²) in [6, 6.07) is 7.32. The lowest BCUT2D eigenvalue weighted by Crippen LogP contribution is -2.45. The molecule has 2 amide bonds. The Morgan fingerprint density at radius 1 is 1.16 bits per heavy atom. The van der Waals surface area contributed by atoms with E-state index in [2.05, 4.69) is 10.6 Å². The summed E-state index contributed by atoms with van der Waals surface area (Å²) in [4.78, 5) is 26.7. The summed E-state index contributed by atoms with van der Waals surface area (Å²) in [5, 5.41) is 5.85. The van der Waals surface area contributed by atoms with E-state index in [0.29, 0.717) is 38.0 Å². The van der Waals surface area contributed by atoms with Gasteiger partial charge in [-0.3, -0.25) is 9.59 Å². The van der Waals surface area contributed by atoms with Crippen LogP contribution in [0, 0.1) is 5.41 Å². The van der Waals surface area contributed by atoms with Gasteiger partial charge in [0.2, 0.25) is 5.91 Å². The molecule has 0 aliphatic heterocycles. The van der Waals surface area contributed by atoms with E-state index in [1.54, 1.807) is 6.07 Å². The number of amides is 2. The fourth-order valence-corrected chi connectivity index (χ4v) is 2.64. The van der Waals surface area contributed by atoms with Gasteiger partial charge in [0.05, 0.1) is 5.41 Å². The Morgan fingerprint density at radius 2 is 1.84 bits per heavy atom. The highest BCUT2D eigenvalue weighted by Gasteiger charge is 2.32. The molecule has 0 aliphatic rings. The molecule has 0 aromatic heterocycles. The normalized spacial score (nSPS) is 11.4. The zero-order valence-electron chi connectivity index (χ0n) is 15.9. The van der Waals surface area contributed by atoms with Crippen LogP contribution in [0.2, 0.25) is 0 Å². The summed E-state index contributed by atoms with van der Waals surface area (Å²) in [7, 11) is 3.92. The van der Waals surface area contributed by atoms with Crippen LogP contribution in [0.1, 0.15) is 42.6 Å². The van der Waals surface area contributed by atoms with Gasteiger partial charge in [-0.15, -0.1) is 0 Å². The first-order chi connectivity index (χ1) is 11.9. The van der Waals surface area contributed by atoms with Gasteiger partial charge in [-0.2, -0.15) is 0 Å². The van der Waals surface area contributed by atoms with E-state index in [-0.39, 0.29) is 11.8 Å². The molecule has 0 bridgehead atoms. The highest BCUT2D eigenvalue weighted by molar-refractivity contribution is 5.94. The molecule has 4 N–H and O–H groups in total. The molecule has 0 fully saturated rings. The second-order valence-corrected chi connectivity index (χ2v) is 6.63. The van der Waals surface area contributed by atoms with E-state index < -0.39 is 5.41 Å². The average Bonchev–Trinajstić information content (AvgIpc) is 2.61. The van der Waals surface area contributed by atoms with Crippen LogP contribution in [0.25, 0.3) is 0 Å². The molecule has 0 saturated carbocycles. The average molecular weight is 348 g/mol. The summed E-state index contributed by atoms with van der Waals surface area (Å²) in [5.41, 5.74) is 6.79. The molecule has 25 heavy (non-hydrogen) atoms. The molecule has 6 heteroatoms. The zero-order chi connectivity index (χ0) is 18.9. The number of benzene rings is 1. The van der Waals surface area contributed by atoms with Crippen LogP contribution in [-0.2, 0) is 11.3 Å². The van der Waals surface area contributed by atoms with Crippen molar-refractivity contribution in [3.05, 3.63) is 35.4 Å². The lowest BCUT2D eigenvalue weighted by Gasteiger charge is -2.28. The molecule has 1 aromatic carbocycles. The fourth-order valence-electron chi connectivity index (χ4n) is 2.64. The topological polar surface area (TPSA) is 87.5 Å². The van der Waals surface area contributed by atoms with Crippen LogP contribution in [-0.4, -0.2) is 50.4 Å². The third-order valence-electron chi connectivity index (χ3n) is 4.71. The molecule has 140 valence electrons. The summed E-state index contributed by atoms with van der Waals surface area (Å²) in [6.07, 6.45) is 1.42. The van der Waals surface area contributed by atoms with Gasteiger partial charge in [-0.1, -0.05) is 26.0 Å². The van der Waals surface area contributed by atoms with Crippen molar-refractivity contribution in [3.8, 4) is 0 Å². The van der Waals surface area contributed by atoms with Gasteiger partial charge >= 0.3 is 0 Å². The Bertz CT molecular complexity index is 560. The van der Waals surface area contributed by atoms with Crippen LogP contribution in [0.3, 0.4) is 0 Å². The Kier molecular flexibility index (Phi) is 8.58. The highest BCUT2D eigenvalue weighted by Crippen LogP contribution is 2.25. The minimum Gasteiger partial charge on any atom is -0.352 e. The summed E-state index contributed by atoms with van der Waals surface area (Å²) in [6.45, 7) is 6.07. The third kappa shape index (κ3) is 6.14. The highest BCUT2D eigenvalue weighted by atomic mass is 16.2. The first-order valence-corrected chi connectivity index (χ1v) is 8.88. The standard InChI is InChI=1S/C19H32N4O2/c1-5-19(6-2,14-20)18(25)22-13-15-8-7-9-16(12-15)17(24)21-10-11-23(3)4/h7-9,12H,5-6,10-11,13-14,20H2,1-4H3,(H,21,24)(H,22,25). The number of nitrogens with zero attached hydrogens (tertiary/aromatic N) is 1. The third-order valence-corrected chi connectivity index (χ3v) is 4.71. The summed E-state index contributed by atoms with van der Waals surface area (Å²) < 4.78 is 0. The molecule has 0 saturated heterocycles. The van der Waals surface area contributed by atoms with E-state index in [1.807, 2.05) is 51.0 Å². The minimum atomic E-state index is -0.513. The number of rotatable bonds is 10. The summed E-state index contributed by atoms with van der Waals surface area (Å²) >= 11 is 0.